The number of ether oxygens (including phenoxy) is 3. The van der Waals surface area contributed by atoms with Crippen LogP contribution in [0.25, 0.3) is 0 Å². The first-order valence-corrected chi connectivity index (χ1v) is 14.6. The molecule has 0 amide bonds. The van der Waals surface area contributed by atoms with Gasteiger partial charge in [-0.15, -0.1) is 0 Å². The molecule has 1 spiro atoms. The van der Waals surface area contributed by atoms with Gasteiger partial charge in [0.15, 0.2) is 0 Å². The van der Waals surface area contributed by atoms with Gasteiger partial charge in [0.1, 0.15) is 10.6 Å². The Balaban J connectivity index is 1.22. The molecule has 0 aromatic heterocycles. The Kier molecular flexibility index (Phi) is 7.79. The Hall–Kier alpha value is -1.84. The molecule has 2 aromatic rings. The summed E-state index contributed by atoms with van der Waals surface area (Å²) in [4.78, 5) is 0.114. The number of nitrogens with zero attached hydrogens (tertiary/aromatic N) is 1. The van der Waals surface area contributed by atoms with Crippen molar-refractivity contribution in [2.75, 3.05) is 45.3 Å². The number of anilines is 1. The van der Waals surface area contributed by atoms with Gasteiger partial charge in [0, 0.05) is 25.3 Å². The van der Waals surface area contributed by atoms with Crippen LogP contribution in [0.4, 0.5) is 5.69 Å². The first kappa shape index (κ1) is 25.8. The highest BCUT2D eigenvalue weighted by molar-refractivity contribution is 7.89. The van der Waals surface area contributed by atoms with Gasteiger partial charge in [-0.25, -0.2) is 8.42 Å². The predicted molar refractivity (Wildman–Crippen MR) is 140 cm³/mol. The predicted octanol–water partition coefficient (Wildman–Crippen LogP) is 5.26. The van der Waals surface area contributed by atoms with E-state index in [0.29, 0.717) is 18.6 Å². The molecule has 0 radical (unpaired) electrons. The second-order valence-corrected chi connectivity index (χ2v) is 12.5. The molecular formula is C27H35ClN2O5S. The van der Waals surface area contributed by atoms with Crippen molar-refractivity contribution in [2.45, 2.75) is 55.6 Å². The molecule has 3 fully saturated rings. The van der Waals surface area contributed by atoms with Crippen LogP contribution in [0.1, 0.15) is 50.2 Å². The van der Waals surface area contributed by atoms with Crippen molar-refractivity contribution in [1.29, 1.82) is 0 Å². The van der Waals surface area contributed by atoms with Gasteiger partial charge in [0.25, 0.3) is 0 Å². The quantitative estimate of drug-likeness (QED) is 0.522. The van der Waals surface area contributed by atoms with E-state index in [0.717, 1.165) is 30.0 Å². The fraction of sp³-hybridized carbons (Fsp3) is 0.556. The molecule has 7 nitrogen and oxygen atoms in total. The normalized spacial score (nSPS) is 24.6. The first-order valence-electron chi connectivity index (χ1n) is 12.8. The Morgan fingerprint density at radius 2 is 1.89 bits per heavy atom. The molecule has 2 heterocycles. The largest absolute Gasteiger partial charge is 0.497 e. The number of rotatable bonds is 7. The lowest BCUT2D eigenvalue weighted by atomic mass is 9.73. The lowest BCUT2D eigenvalue weighted by Gasteiger charge is -2.32. The summed E-state index contributed by atoms with van der Waals surface area (Å²) in [7, 11) is -2.16. The highest BCUT2D eigenvalue weighted by Gasteiger charge is 2.40. The van der Waals surface area contributed by atoms with E-state index in [2.05, 4.69) is 5.32 Å². The van der Waals surface area contributed by atoms with Gasteiger partial charge in [-0.3, -0.25) is 0 Å². The van der Waals surface area contributed by atoms with Crippen molar-refractivity contribution in [2.24, 2.45) is 5.41 Å². The van der Waals surface area contributed by atoms with E-state index in [-0.39, 0.29) is 35.2 Å². The van der Waals surface area contributed by atoms with E-state index in [1.54, 1.807) is 25.3 Å². The number of hydrogen-bond donors (Lipinski definition) is 1. The van der Waals surface area contributed by atoms with Crippen LogP contribution in [-0.4, -0.2) is 58.8 Å². The van der Waals surface area contributed by atoms with E-state index in [4.69, 9.17) is 25.8 Å². The fourth-order valence-corrected chi connectivity index (χ4v) is 7.67. The van der Waals surface area contributed by atoms with Gasteiger partial charge in [0.05, 0.1) is 37.6 Å². The molecule has 5 rings (SSSR count). The summed E-state index contributed by atoms with van der Waals surface area (Å²) < 4.78 is 45.6. The maximum atomic E-state index is 13.5. The summed E-state index contributed by atoms with van der Waals surface area (Å²) >= 11 is 6.51. The molecule has 196 valence electrons. The third-order valence-electron chi connectivity index (χ3n) is 7.80. The summed E-state index contributed by atoms with van der Waals surface area (Å²) in [5, 5.41) is 3.61. The minimum Gasteiger partial charge on any atom is -0.497 e. The lowest BCUT2D eigenvalue weighted by Crippen LogP contribution is -2.42. The van der Waals surface area contributed by atoms with Gasteiger partial charge >= 0.3 is 0 Å². The Labute approximate surface area is 219 Å². The van der Waals surface area contributed by atoms with Crippen LogP contribution in [0.15, 0.2) is 47.4 Å². The molecule has 1 saturated carbocycles. The van der Waals surface area contributed by atoms with Gasteiger partial charge in [-0.05, 0) is 60.6 Å². The smallest absolute Gasteiger partial charge is 0.244 e. The number of nitrogens with one attached hydrogen (secondary N) is 1. The maximum absolute atomic E-state index is 13.5. The number of methoxy groups -OCH3 is 1. The zero-order valence-corrected chi connectivity index (χ0v) is 22.3. The average molecular weight is 535 g/mol. The molecule has 2 aliphatic heterocycles. The van der Waals surface area contributed by atoms with Crippen molar-refractivity contribution in [3.63, 3.8) is 0 Å². The number of halogens is 1. The second kappa shape index (κ2) is 10.9. The van der Waals surface area contributed by atoms with Gasteiger partial charge in [-0.1, -0.05) is 43.0 Å². The first-order chi connectivity index (χ1) is 17.4. The third kappa shape index (κ3) is 5.53. The summed E-state index contributed by atoms with van der Waals surface area (Å²) in [6.07, 6.45) is 7.40. The number of hydrogen-bond acceptors (Lipinski definition) is 6. The van der Waals surface area contributed by atoms with Crippen molar-refractivity contribution in [3.8, 4) is 5.75 Å². The maximum Gasteiger partial charge on any atom is 0.244 e. The Bertz CT molecular complexity index is 1150. The van der Waals surface area contributed by atoms with Gasteiger partial charge < -0.3 is 19.5 Å². The summed E-state index contributed by atoms with van der Waals surface area (Å²) in [6.45, 7) is 2.37. The minimum absolute atomic E-state index is 0.114. The van der Waals surface area contributed by atoms with Gasteiger partial charge in [-0.2, -0.15) is 4.31 Å². The molecule has 2 aromatic carbocycles. The molecule has 36 heavy (non-hydrogen) atoms. The number of benzene rings is 2. The zero-order chi connectivity index (χ0) is 25.2. The van der Waals surface area contributed by atoms with Crippen LogP contribution in [0.5, 0.6) is 5.75 Å². The third-order valence-corrected chi connectivity index (χ3v) is 10.1. The standard InChI is InChI=1S/C27H35ClN2O5S/c1-33-22-8-5-20(6-9-22)25-18-30(13-14-34-25)36(31,32)26-10-7-21(15-24(26)28)29-17-23-16-27(19-35-23)11-3-2-4-12-27/h5-10,15,23,25,29H,2-4,11-14,16-19H2,1H3. The summed E-state index contributed by atoms with van der Waals surface area (Å²) in [5.41, 5.74) is 2.07. The summed E-state index contributed by atoms with van der Waals surface area (Å²) in [6, 6.07) is 12.6. The van der Waals surface area contributed by atoms with E-state index in [1.165, 1.54) is 36.4 Å². The minimum atomic E-state index is -3.77. The molecule has 2 atom stereocenters. The van der Waals surface area contributed by atoms with Crippen molar-refractivity contribution in [3.05, 3.63) is 53.1 Å². The molecule has 3 aliphatic rings. The van der Waals surface area contributed by atoms with Crippen LogP contribution >= 0.6 is 11.6 Å². The number of sulfonamides is 1. The fourth-order valence-electron chi connectivity index (χ4n) is 5.73. The van der Waals surface area contributed by atoms with Gasteiger partial charge in [0.2, 0.25) is 10.0 Å². The monoisotopic (exact) mass is 534 g/mol. The number of morpholine rings is 1. The molecule has 1 aliphatic carbocycles. The lowest BCUT2D eigenvalue weighted by molar-refractivity contribution is -0.00257. The van der Waals surface area contributed by atoms with E-state index >= 15 is 0 Å². The second-order valence-electron chi connectivity index (χ2n) is 10.2. The van der Waals surface area contributed by atoms with E-state index in [1.807, 2.05) is 24.3 Å². The zero-order valence-electron chi connectivity index (χ0n) is 20.7. The SMILES string of the molecule is COc1ccc(C2CN(S(=O)(=O)c3ccc(NCC4CC5(CCCCC5)CO4)cc3Cl)CCO2)cc1. The topological polar surface area (TPSA) is 77.1 Å². The molecule has 9 heteroatoms. The Morgan fingerprint density at radius 1 is 1.11 bits per heavy atom. The van der Waals surface area contributed by atoms with Crippen LogP contribution in [-0.2, 0) is 19.5 Å². The van der Waals surface area contributed by atoms with E-state index < -0.39 is 10.0 Å². The highest BCUT2D eigenvalue weighted by Crippen LogP contribution is 2.45. The van der Waals surface area contributed by atoms with Crippen molar-refractivity contribution < 1.29 is 22.6 Å². The van der Waals surface area contributed by atoms with Crippen LogP contribution in [0, 0.1) is 5.41 Å². The molecule has 2 unspecified atom stereocenters. The molecule has 0 bridgehead atoms. The highest BCUT2D eigenvalue weighted by atomic mass is 35.5. The Morgan fingerprint density at radius 3 is 2.61 bits per heavy atom. The van der Waals surface area contributed by atoms with Crippen molar-refractivity contribution >= 4 is 27.3 Å². The average Bonchev–Trinajstić information content (AvgIpc) is 3.29. The van der Waals surface area contributed by atoms with Crippen molar-refractivity contribution in [1.82, 2.24) is 4.31 Å². The van der Waals surface area contributed by atoms with E-state index in [9.17, 15) is 8.42 Å². The molecule has 2 saturated heterocycles. The van der Waals surface area contributed by atoms with Crippen LogP contribution in [0.3, 0.4) is 0 Å². The molecular weight excluding hydrogens is 500 g/mol. The summed E-state index contributed by atoms with van der Waals surface area (Å²) in [5.74, 6) is 0.743. The molecule has 1 N–H and O–H groups in total. The van der Waals surface area contributed by atoms with Crippen LogP contribution in [0.2, 0.25) is 5.02 Å². The van der Waals surface area contributed by atoms with Crippen LogP contribution < -0.4 is 10.1 Å².